The van der Waals surface area contributed by atoms with E-state index in [-0.39, 0.29) is 11.9 Å². The summed E-state index contributed by atoms with van der Waals surface area (Å²) >= 11 is 0. The molecule has 0 aromatic carbocycles. The summed E-state index contributed by atoms with van der Waals surface area (Å²) in [5.41, 5.74) is 5.59. The Balaban J connectivity index is 1.83. The van der Waals surface area contributed by atoms with Crippen molar-refractivity contribution in [2.24, 2.45) is 11.7 Å². The lowest BCUT2D eigenvalue weighted by molar-refractivity contribution is -0.169. The lowest BCUT2D eigenvalue weighted by Gasteiger charge is -2.38. The first-order valence-corrected chi connectivity index (χ1v) is 7.78. The van der Waals surface area contributed by atoms with Crippen molar-refractivity contribution < 1.29 is 9.47 Å². The van der Waals surface area contributed by atoms with Crippen LogP contribution in [0, 0.1) is 5.92 Å². The van der Waals surface area contributed by atoms with Crippen LogP contribution in [0.25, 0.3) is 0 Å². The van der Waals surface area contributed by atoms with E-state index in [0.29, 0.717) is 25.1 Å². The summed E-state index contributed by atoms with van der Waals surface area (Å²) in [5.74, 6) is 0.308. The smallest absolute Gasteiger partial charge is 0.166 e. The molecule has 0 aromatic heterocycles. The van der Waals surface area contributed by atoms with Crippen LogP contribution in [-0.4, -0.2) is 49.1 Å². The van der Waals surface area contributed by atoms with Crippen molar-refractivity contribution in [1.29, 1.82) is 0 Å². The van der Waals surface area contributed by atoms with Crippen molar-refractivity contribution in [2.75, 3.05) is 26.2 Å². The summed E-state index contributed by atoms with van der Waals surface area (Å²) in [6, 6.07) is 0.644. The van der Waals surface area contributed by atoms with Gasteiger partial charge in [-0.25, -0.2) is 0 Å². The Morgan fingerprint density at radius 1 is 1.42 bits per heavy atom. The van der Waals surface area contributed by atoms with Crippen molar-refractivity contribution in [3.63, 3.8) is 0 Å². The van der Waals surface area contributed by atoms with E-state index in [1.807, 2.05) is 0 Å². The zero-order chi connectivity index (χ0) is 13.9. The van der Waals surface area contributed by atoms with Gasteiger partial charge in [0.15, 0.2) is 5.79 Å². The summed E-state index contributed by atoms with van der Waals surface area (Å²) in [5, 5.41) is 0. The summed E-state index contributed by atoms with van der Waals surface area (Å²) < 4.78 is 12.0. The average Bonchev–Trinajstić information content (AvgIpc) is 2.71. The summed E-state index contributed by atoms with van der Waals surface area (Å²) in [7, 11) is 0. The van der Waals surface area contributed by atoms with Gasteiger partial charge in [0.1, 0.15) is 0 Å². The summed E-state index contributed by atoms with van der Waals surface area (Å²) in [6.07, 6.45) is 4.70. The third kappa shape index (κ3) is 4.15. The maximum absolute atomic E-state index is 6.07. The molecular weight excluding hydrogens is 240 g/mol. The van der Waals surface area contributed by atoms with Gasteiger partial charge in [0.2, 0.25) is 0 Å². The monoisotopic (exact) mass is 270 g/mol. The molecule has 0 radical (unpaired) electrons. The van der Waals surface area contributed by atoms with Gasteiger partial charge >= 0.3 is 0 Å². The number of piperidine rings is 1. The van der Waals surface area contributed by atoms with Gasteiger partial charge in [-0.05, 0) is 59.0 Å². The fourth-order valence-electron chi connectivity index (χ4n) is 3.38. The number of nitrogens with zero attached hydrogens (tertiary/aromatic N) is 1. The first-order valence-electron chi connectivity index (χ1n) is 7.78. The highest BCUT2D eigenvalue weighted by Gasteiger charge is 2.39. The molecule has 2 rings (SSSR count). The summed E-state index contributed by atoms with van der Waals surface area (Å²) in [6.45, 7) is 10.5. The van der Waals surface area contributed by atoms with Gasteiger partial charge in [-0.1, -0.05) is 0 Å². The van der Waals surface area contributed by atoms with Crippen LogP contribution in [0.15, 0.2) is 0 Å². The molecule has 0 saturated carbocycles. The number of ether oxygens (including phenoxy) is 2. The van der Waals surface area contributed by atoms with Crippen LogP contribution in [0.5, 0.6) is 0 Å². The van der Waals surface area contributed by atoms with Crippen molar-refractivity contribution in [3.05, 3.63) is 0 Å². The van der Waals surface area contributed by atoms with Crippen molar-refractivity contribution in [2.45, 2.75) is 64.4 Å². The molecule has 0 bridgehead atoms. The SMILES string of the molecule is CC(C)N1CCCC(CC2(C)OCC(CCN)O2)C1. The highest BCUT2D eigenvalue weighted by atomic mass is 16.7. The predicted octanol–water partition coefficient (Wildman–Crippen LogP) is 1.98. The standard InChI is InChI=1S/C15H30N2O2/c1-12(2)17-8-4-5-13(10-17)9-15(3)18-11-14(19-15)6-7-16/h12-14H,4-11,16H2,1-3H3. The van der Waals surface area contributed by atoms with E-state index < -0.39 is 0 Å². The van der Waals surface area contributed by atoms with Gasteiger partial charge in [0.05, 0.1) is 12.7 Å². The minimum atomic E-state index is -0.384. The fourth-order valence-corrected chi connectivity index (χ4v) is 3.38. The highest BCUT2D eigenvalue weighted by Crippen LogP contribution is 2.34. The molecule has 19 heavy (non-hydrogen) atoms. The molecular formula is C15H30N2O2. The Kier molecular flexibility index (Phi) is 5.23. The molecule has 0 aromatic rings. The molecule has 3 atom stereocenters. The summed E-state index contributed by atoms with van der Waals surface area (Å²) in [4.78, 5) is 2.57. The predicted molar refractivity (Wildman–Crippen MR) is 77.0 cm³/mol. The van der Waals surface area contributed by atoms with Crippen LogP contribution in [-0.2, 0) is 9.47 Å². The largest absolute Gasteiger partial charge is 0.348 e. The topological polar surface area (TPSA) is 47.7 Å². The molecule has 2 aliphatic heterocycles. The number of nitrogens with two attached hydrogens (primary N) is 1. The second kappa shape index (κ2) is 6.53. The Hall–Kier alpha value is -0.160. The Morgan fingerprint density at radius 2 is 2.21 bits per heavy atom. The molecule has 2 saturated heterocycles. The Bertz CT molecular complexity index is 285. The van der Waals surface area contributed by atoms with E-state index in [2.05, 4.69) is 25.7 Å². The molecule has 0 aliphatic carbocycles. The molecule has 112 valence electrons. The highest BCUT2D eigenvalue weighted by molar-refractivity contribution is 4.83. The van der Waals surface area contributed by atoms with Crippen molar-refractivity contribution >= 4 is 0 Å². The molecule has 2 N–H and O–H groups in total. The molecule has 2 aliphatic rings. The van der Waals surface area contributed by atoms with Gasteiger partial charge in [0.25, 0.3) is 0 Å². The quantitative estimate of drug-likeness (QED) is 0.830. The zero-order valence-corrected chi connectivity index (χ0v) is 12.7. The van der Waals surface area contributed by atoms with Crippen LogP contribution in [0.2, 0.25) is 0 Å². The van der Waals surface area contributed by atoms with Gasteiger partial charge < -0.3 is 20.1 Å². The van der Waals surface area contributed by atoms with Crippen LogP contribution >= 0.6 is 0 Å². The number of hydrogen-bond acceptors (Lipinski definition) is 4. The number of hydrogen-bond donors (Lipinski definition) is 1. The first-order chi connectivity index (χ1) is 9.02. The lowest BCUT2D eigenvalue weighted by Crippen LogP contribution is -2.42. The van der Waals surface area contributed by atoms with Gasteiger partial charge in [-0.2, -0.15) is 0 Å². The first kappa shape index (κ1) is 15.2. The third-order valence-electron chi connectivity index (χ3n) is 4.42. The fraction of sp³-hybridized carbons (Fsp3) is 1.00. The molecule has 2 fully saturated rings. The zero-order valence-electron chi connectivity index (χ0n) is 12.7. The number of rotatable bonds is 5. The van der Waals surface area contributed by atoms with Gasteiger partial charge in [-0.15, -0.1) is 0 Å². The minimum absolute atomic E-state index is 0.194. The lowest BCUT2D eigenvalue weighted by atomic mass is 9.90. The van der Waals surface area contributed by atoms with E-state index in [1.165, 1.54) is 25.9 Å². The van der Waals surface area contributed by atoms with Gasteiger partial charge in [-0.3, -0.25) is 0 Å². The second-order valence-corrected chi connectivity index (χ2v) is 6.56. The molecule has 3 unspecified atom stereocenters. The Morgan fingerprint density at radius 3 is 2.89 bits per heavy atom. The average molecular weight is 270 g/mol. The normalized spacial score (nSPS) is 37.1. The third-order valence-corrected chi connectivity index (χ3v) is 4.42. The van der Waals surface area contributed by atoms with Crippen LogP contribution < -0.4 is 5.73 Å². The molecule has 0 spiro atoms. The number of likely N-dealkylation sites (tertiary alicyclic amines) is 1. The minimum Gasteiger partial charge on any atom is -0.348 e. The van der Waals surface area contributed by atoms with Crippen molar-refractivity contribution in [1.82, 2.24) is 4.90 Å². The molecule has 4 heteroatoms. The maximum atomic E-state index is 6.07. The van der Waals surface area contributed by atoms with E-state index in [9.17, 15) is 0 Å². The van der Waals surface area contributed by atoms with Crippen LogP contribution in [0.3, 0.4) is 0 Å². The molecule has 0 amide bonds. The molecule has 4 nitrogen and oxygen atoms in total. The second-order valence-electron chi connectivity index (χ2n) is 6.56. The van der Waals surface area contributed by atoms with E-state index >= 15 is 0 Å². The van der Waals surface area contributed by atoms with Gasteiger partial charge in [0, 0.05) is 19.0 Å². The van der Waals surface area contributed by atoms with Crippen LogP contribution in [0.1, 0.15) is 46.5 Å². The van der Waals surface area contributed by atoms with E-state index in [0.717, 1.165) is 12.8 Å². The van der Waals surface area contributed by atoms with Crippen LogP contribution in [0.4, 0.5) is 0 Å². The Labute approximate surface area is 117 Å². The van der Waals surface area contributed by atoms with E-state index in [1.54, 1.807) is 0 Å². The molecule has 2 heterocycles. The van der Waals surface area contributed by atoms with Crippen molar-refractivity contribution in [3.8, 4) is 0 Å². The maximum Gasteiger partial charge on any atom is 0.166 e. The van der Waals surface area contributed by atoms with E-state index in [4.69, 9.17) is 15.2 Å².